The number of hydrogen-bond acceptors (Lipinski definition) is 1. The quantitative estimate of drug-likeness (QED) is 0.562. The predicted molar refractivity (Wildman–Crippen MR) is 90.0 cm³/mol. The Morgan fingerprint density at radius 2 is 1.70 bits per heavy atom. The fourth-order valence-corrected chi connectivity index (χ4v) is 3.19. The molecular formula is C19H23N. The lowest BCUT2D eigenvalue weighted by atomic mass is 9.70. The molecule has 0 aliphatic carbocycles. The molecule has 0 aliphatic rings. The molecule has 0 aromatic heterocycles. The van der Waals surface area contributed by atoms with Crippen LogP contribution in [0.3, 0.4) is 0 Å². The molecule has 0 atom stereocenters. The molecule has 1 heteroatoms. The first-order valence-electron chi connectivity index (χ1n) is 7.18. The summed E-state index contributed by atoms with van der Waals surface area (Å²) in [7, 11) is 0. The topological polar surface area (TPSA) is 26.0 Å². The third-order valence-electron chi connectivity index (χ3n) is 4.24. The van der Waals surface area contributed by atoms with Gasteiger partial charge in [0.05, 0.1) is 0 Å². The lowest BCUT2D eigenvalue weighted by Crippen LogP contribution is -2.25. The van der Waals surface area contributed by atoms with Crippen LogP contribution in [0.2, 0.25) is 0 Å². The second-order valence-corrected chi connectivity index (χ2v) is 5.37. The molecule has 104 valence electrons. The van der Waals surface area contributed by atoms with Gasteiger partial charge in [-0.3, -0.25) is 0 Å². The van der Waals surface area contributed by atoms with Gasteiger partial charge in [0.1, 0.15) is 0 Å². The van der Waals surface area contributed by atoms with Gasteiger partial charge in [-0.1, -0.05) is 49.4 Å². The van der Waals surface area contributed by atoms with Crippen LogP contribution in [0, 0.1) is 0 Å². The highest BCUT2D eigenvalue weighted by Gasteiger charge is 2.31. The van der Waals surface area contributed by atoms with E-state index in [-0.39, 0.29) is 5.41 Å². The molecule has 2 aromatic rings. The first-order valence-corrected chi connectivity index (χ1v) is 7.18. The third kappa shape index (κ3) is 2.36. The molecule has 0 fully saturated rings. The highest BCUT2D eigenvalue weighted by atomic mass is 14.6. The summed E-state index contributed by atoms with van der Waals surface area (Å²) in [6.45, 7) is 10.1. The van der Waals surface area contributed by atoms with E-state index in [0.29, 0.717) is 0 Å². The minimum absolute atomic E-state index is 0.00551. The van der Waals surface area contributed by atoms with Crippen LogP contribution in [0.4, 0.5) is 5.69 Å². The largest absolute Gasteiger partial charge is 0.398 e. The zero-order valence-electron chi connectivity index (χ0n) is 12.2. The molecule has 0 unspecified atom stereocenters. The number of nitrogen functional groups attached to an aromatic ring is 1. The summed E-state index contributed by atoms with van der Waals surface area (Å²) in [5, 5.41) is 2.49. The van der Waals surface area contributed by atoms with Crippen molar-refractivity contribution in [2.45, 2.75) is 31.6 Å². The van der Waals surface area contributed by atoms with E-state index in [0.717, 1.165) is 24.9 Å². The summed E-state index contributed by atoms with van der Waals surface area (Å²) in [4.78, 5) is 0. The summed E-state index contributed by atoms with van der Waals surface area (Å²) in [6, 6.07) is 12.6. The van der Waals surface area contributed by atoms with Crippen LogP contribution < -0.4 is 5.73 Å². The molecule has 0 aliphatic heterocycles. The Morgan fingerprint density at radius 1 is 1.05 bits per heavy atom. The maximum atomic E-state index is 6.34. The van der Waals surface area contributed by atoms with Gasteiger partial charge in [0, 0.05) is 11.1 Å². The highest BCUT2D eigenvalue weighted by molar-refractivity contribution is 5.91. The first-order chi connectivity index (χ1) is 9.68. The van der Waals surface area contributed by atoms with Gasteiger partial charge >= 0.3 is 0 Å². The fraction of sp³-hybridized carbons (Fsp3) is 0.263. The van der Waals surface area contributed by atoms with Crippen molar-refractivity contribution in [2.75, 3.05) is 5.73 Å². The Hall–Kier alpha value is -2.02. The summed E-state index contributed by atoms with van der Waals surface area (Å²) >= 11 is 0. The Kier molecular flexibility index (Phi) is 4.29. The van der Waals surface area contributed by atoms with Crippen LogP contribution in [0.1, 0.15) is 31.7 Å². The number of allylic oxidation sites excluding steroid dienone is 2. The Bertz CT molecular complexity index is 615. The summed E-state index contributed by atoms with van der Waals surface area (Å²) < 4.78 is 0. The van der Waals surface area contributed by atoms with Crippen molar-refractivity contribution in [3.63, 3.8) is 0 Å². The van der Waals surface area contributed by atoms with E-state index in [1.807, 2.05) is 18.2 Å². The predicted octanol–water partition coefficient (Wildman–Crippen LogP) is 5.22. The molecule has 0 radical (unpaired) electrons. The average molecular weight is 265 g/mol. The average Bonchev–Trinajstić information content (AvgIpc) is 2.47. The van der Waals surface area contributed by atoms with Gasteiger partial charge in [-0.2, -0.15) is 0 Å². The van der Waals surface area contributed by atoms with Gasteiger partial charge in [0.25, 0.3) is 0 Å². The van der Waals surface area contributed by atoms with Crippen molar-refractivity contribution in [3.05, 3.63) is 67.3 Å². The van der Waals surface area contributed by atoms with E-state index < -0.39 is 0 Å². The van der Waals surface area contributed by atoms with E-state index in [4.69, 9.17) is 5.73 Å². The summed E-state index contributed by atoms with van der Waals surface area (Å²) in [6.07, 6.45) is 6.83. The summed E-state index contributed by atoms with van der Waals surface area (Å²) in [5.41, 5.74) is 8.45. The molecule has 0 amide bonds. The molecular weight excluding hydrogens is 242 g/mol. The first kappa shape index (κ1) is 14.4. The van der Waals surface area contributed by atoms with E-state index in [1.54, 1.807) is 0 Å². The number of anilines is 1. The van der Waals surface area contributed by atoms with Gasteiger partial charge in [-0.25, -0.2) is 0 Å². The van der Waals surface area contributed by atoms with Gasteiger partial charge < -0.3 is 5.73 Å². The molecule has 2 aromatic carbocycles. The maximum absolute atomic E-state index is 6.34. The molecule has 2 N–H and O–H groups in total. The van der Waals surface area contributed by atoms with Crippen molar-refractivity contribution >= 4 is 16.5 Å². The zero-order chi connectivity index (χ0) is 14.6. The lowest BCUT2D eigenvalue weighted by Gasteiger charge is -2.34. The number of fused-ring (bicyclic) bond motifs is 1. The maximum Gasteiger partial charge on any atom is 0.0358 e. The van der Waals surface area contributed by atoms with E-state index in [2.05, 4.69) is 50.4 Å². The van der Waals surface area contributed by atoms with Gasteiger partial charge in [-0.15, -0.1) is 13.2 Å². The van der Waals surface area contributed by atoms with Crippen molar-refractivity contribution in [1.29, 1.82) is 0 Å². The Morgan fingerprint density at radius 3 is 2.30 bits per heavy atom. The molecule has 1 nitrogen and oxygen atoms in total. The van der Waals surface area contributed by atoms with E-state index >= 15 is 0 Å². The third-order valence-corrected chi connectivity index (χ3v) is 4.24. The smallest absolute Gasteiger partial charge is 0.0358 e. The normalized spacial score (nSPS) is 11.4. The monoisotopic (exact) mass is 265 g/mol. The van der Waals surface area contributed by atoms with Crippen LogP contribution in [-0.2, 0) is 5.41 Å². The Balaban J connectivity index is 2.78. The van der Waals surface area contributed by atoms with Gasteiger partial charge in [0.2, 0.25) is 0 Å². The SMILES string of the molecule is C=CCC(CC)(CC=C)c1c(N)ccc2ccccc12. The Labute approximate surface area is 121 Å². The second-order valence-electron chi connectivity index (χ2n) is 5.37. The zero-order valence-corrected chi connectivity index (χ0v) is 12.2. The number of benzene rings is 2. The summed E-state index contributed by atoms with van der Waals surface area (Å²) in [5.74, 6) is 0. The minimum Gasteiger partial charge on any atom is -0.398 e. The van der Waals surface area contributed by atoms with Crippen molar-refractivity contribution in [3.8, 4) is 0 Å². The van der Waals surface area contributed by atoms with Crippen molar-refractivity contribution in [1.82, 2.24) is 0 Å². The van der Waals surface area contributed by atoms with E-state index in [1.165, 1.54) is 16.3 Å². The van der Waals surface area contributed by atoms with Crippen LogP contribution in [0.25, 0.3) is 10.8 Å². The van der Waals surface area contributed by atoms with Crippen molar-refractivity contribution < 1.29 is 0 Å². The molecule has 0 saturated heterocycles. The van der Waals surface area contributed by atoms with Gasteiger partial charge in [0.15, 0.2) is 0 Å². The standard InChI is InChI=1S/C19H23N/c1-4-13-19(6-3,14-5-2)18-16-10-8-7-9-15(16)11-12-17(18)20/h4-5,7-12H,1-2,6,13-14,20H2,3H3. The molecule has 2 rings (SSSR count). The lowest BCUT2D eigenvalue weighted by molar-refractivity contribution is 0.425. The molecule has 0 saturated carbocycles. The van der Waals surface area contributed by atoms with Gasteiger partial charge in [-0.05, 0) is 41.7 Å². The number of rotatable bonds is 6. The minimum atomic E-state index is -0.00551. The number of nitrogens with two attached hydrogens (primary N) is 1. The van der Waals surface area contributed by atoms with Crippen LogP contribution >= 0.6 is 0 Å². The van der Waals surface area contributed by atoms with Crippen LogP contribution in [0.5, 0.6) is 0 Å². The molecule has 20 heavy (non-hydrogen) atoms. The molecule has 0 spiro atoms. The van der Waals surface area contributed by atoms with Crippen molar-refractivity contribution in [2.24, 2.45) is 0 Å². The number of hydrogen-bond donors (Lipinski definition) is 1. The molecule has 0 heterocycles. The molecule has 0 bridgehead atoms. The van der Waals surface area contributed by atoms with Crippen LogP contribution in [-0.4, -0.2) is 0 Å². The fourth-order valence-electron chi connectivity index (χ4n) is 3.19. The highest BCUT2D eigenvalue weighted by Crippen LogP contribution is 2.43. The van der Waals surface area contributed by atoms with E-state index in [9.17, 15) is 0 Å². The second kappa shape index (κ2) is 5.96. The van der Waals surface area contributed by atoms with Crippen LogP contribution in [0.15, 0.2) is 61.7 Å².